The van der Waals surface area contributed by atoms with Crippen molar-refractivity contribution in [3.8, 4) is 5.75 Å². The Labute approximate surface area is 178 Å². The van der Waals surface area contributed by atoms with Gasteiger partial charge in [0.2, 0.25) is 9.84 Å². The number of sulfone groups is 1. The summed E-state index contributed by atoms with van der Waals surface area (Å²) in [4.78, 5) is 17.4. The fraction of sp³-hybridized carbons (Fsp3) is 0.0909. The van der Waals surface area contributed by atoms with E-state index >= 15 is 0 Å². The molecule has 0 bridgehead atoms. The number of methoxy groups -OCH3 is 1. The molecule has 0 saturated heterocycles. The van der Waals surface area contributed by atoms with Gasteiger partial charge in [-0.05, 0) is 47.3 Å². The zero-order valence-electron chi connectivity index (χ0n) is 16.0. The zero-order valence-corrected chi connectivity index (χ0v) is 17.7. The van der Waals surface area contributed by atoms with Crippen LogP contribution in [-0.2, 0) is 16.4 Å². The van der Waals surface area contributed by atoms with Gasteiger partial charge in [-0.2, -0.15) is 0 Å². The van der Waals surface area contributed by atoms with E-state index in [1.807, 2.05) is 12.1 Å². The molecule has 30 heavy (non-hydrogen) atoms. The Morgan fingerprint density at radius 1 is 1.10 bits per heavy atom. The number of pyridine rings is 1. The molecule has 2 aromatic carbocycles. The number of rotatable bonds is 6. The Morgan fingerprint density at radius 3 is 2.60 bits per heavy atom. The first-order valence-electron chi connectivity index (χ1n) is 9.08. The van der Waals surface area contributed by atoms with Crippen LogP contribution < -0.4 is 10.1 Å². The SMILES string of the molecule is COc1ccccc1S(=O)(=O)c1ccc(CNC(=O)c2cc3ccncc3s2)cc1. The molecule has 0 unspecified atom stereocenters. The van der Waals surface area contributed by atoms with E-state index in [9.17, 15) is 13.2 Å². The number of ether oxygens (including phenoxy) is 1. The van der Waals surface area contributed by atoms with E-state index in [2.05, 4.69) is 10.3 Å². The molecule has 0 aliphatic carbocycles. The van der Waals surface area contributed by atoms with Crippen molar-refractivity contribution in [2.75, 3.05) is 7.11 Å². The quantitative estimate of drug-likeness (QED) is 0.491. The van der Waals surface area contributed by atoms with Gasteiger partial charge in [-0.3, -0.25) is 9.78 Å². The Bertz CT molecular complexity index is 1280. The van der Waals surface area contributed by atoms with Crippen molar-refractivity contribution in [1.82, 2.24) is 10.3 Å². The molecule has 1 amide bonds. The van der Waals surface area contributed by atoms with Gasteiger partial charge in [-0.1, -0.05) is 24.3 Å². The third kappa shape index (κ3) is 3.92. The minimum absolute atomic E-state index is 0.118. The first-order chi connectivity index (χ1) is 14.5. The van der Waals surface area contributed by atoms with Crippen molar-refractivity contribution in [2.24, 2.45) is 0 Å². The summed E-state index contributed by atoms with van der Waals surface area (Å²) in [5, 5.41) is 3.84. The highest BCUT2D eigenvalue weighted by atomic mass is 32.2. The molecule has 152 valence electrons. The largest absolute Gasteiger partial charge is 0.495 e. The van der Waals surface area contributed by atoms with Crippen LogP contribution in [0.2, 0.25) is 0 Å². The summed E-state index contributed by atoms with van der Waals surface area (Å²) >= 11 is 1.38. The lowest BCUT2D eigenvalue weighted by molar-refractivity contribution is 0.0955. The number of benzene rings is 2. The molecule has 0 fully saturated rings. The molecule has 1 N–H and O–H groups in total. The third-order valence-electron chi connectivity index (χ3n) is 4.59. The van der Waals surface area contributed by atoms with Crippen LogP contribution in [0.4, 0.5) is 0 Å². The van der Waals surface area contributed by atoms with Gasteiger partial charge >= 0.3 is 0 Å². The van der Waals surface area contributed by atoms with Crippen LogP contribution in [0.25, 0.3) is 10.1 Å². The highest BCUT2D eigenvalue weighted by Crippen LogP contribution is 2.29. The second kappa shape index (κ2) is 8.25. The van der Waals surface area contributed by atoms with Gasteiger partial charge in [0.05, 0.1) is 21.6 Å². The fourth-order valence-electron chi connectivity index (χ4n) is 3.02. The predicted octanol–water partition coefficient (Wildman–Crippen LogP) is 4.07. The Balaban J connectivity index is 1.47. The first kappa shape index (κ1) is 20.1. The van der Waals surface area contributed by atoms with Gasteiger partial charge in [-0.15, -0.1) is 11.3 Å². The van der Waals surface area contributed by atoms with E-state index in [0.29, 0.717) is 17.2 Å². The van der Waals surface area contributed by atoms with Crippen molar-refractivity contribution in [3.05, 3.63) is 83.5 Å². The standard InChI is InChI=1S/C22H18N2O4S2/c1-28-18-4-2-3-5-21(18)30(26,27)17-8-6-15(7-9-17)13-24-22(25)19-12-16-10-11-23-14-20(16)29-19/h2-12,14H,13H2,1H3,(H,24,25). The predicted molar refractivity (Wildman–Crippen MR) is 116 cm³/mol. The number of nitrogens with one attached hydrogen (secondary N) is 1. The Hall–Kier alpha value is -3.23. The maximum Gasteiger partial charge on any atom is 0.261 e. The lowest BCUT2D eigenvalue weighted by Crippen LogP contribution is -2.21. The van der Waals surface area contributed by atoms with Gasteiger partial charge in [0.25, 0.3) is 5.91 Å². The van der Waals surface area contributed by atoms with Crippen molar-refractivity contribution < 1.29 is 17.9 Å². The number of aromatic nitrogens is 1. The number of carbonyl (C=O) groups is 1. The number of fused-ring (bicyclic) bond motifs is 1. The van der Waals surface area contributed by atoms with Crippen molar-refractivity contribution >= 4 is 37.2 Å². The smallest absolute Gasteiger partial charge is 0.261 e. The molecule has 0 aliphatic rings. The number of hydrogen-bond donors (Lipinski definition) is 1. The molecule has 0 radical (unpaired) electrons. The number of para-hydroxylation sites is 1. The summed E-state index contributed by atoms with van der Waals surface area (Å²) < 4.78 is 31.9. The second-order valence-electron chi connectivity index (χ2n) is 6.51. The monoisotopic (exact) mass is 438 g/mol. The third-order valence-corrected chi connectivity index (χ3v) is 7.49. The number of amides is 1. The lowest BCUT2D eigenvalue weighted by Gasteiger charge is -2.10. The zero-order chi connectivity index (χ0) is 21.1. The number of hydrogen-bond acceptors (Lipinski definition) is 6. The maximum atomic E-state index is 12.9. The summed E-state index contributed by atoms with van der Waals surface area (Å²) in [5.74, 6) is 0.120. The lowest BCUT2D eigenvalue weighted by atomic mass is 10.2. The summed E-state index contributed by atoms with van der Waals surface area (Å²) in [5.41, 5.74) is 0.796. The minimum Gasteiger partial charge on any atom is -0.495 e. The van der Waals surface area contributed by atoms with E-state index in [-0.39, 0.29) is 15.7 Å². The molecular formula is C22H18N2O4S2. The first-order valence-corrected chi connectivity index (χ1v) is 11.4. The van der Waals surface area contributed by atoms with Gasteiger partial charge in [0, 0.05) is 18.9 Å². The number of thiophene rings is 1. The van der Waals surface area contributed by atoms with Crippen LogP contribution in [-0.4, -0.2) is 26.4 Å². The molecule has 4 rings (SSSR count). The van der Waals surface area contributed by atoms with Crippen molar-refractivity contribution in [3.63, 3.8) is 0 Å². The highest BCUT2D eigenvalue weighted by Gasteiger charge is 2.21. The van der Waals surface area contributed by atoms with Crippen LogP contribution in [0.15, 0.2) is 82.8 Å². The topological polar surface area (TPSA) is 85.4 Å². The maximum absolute atomic E-state index is 12.9. The van der Waals surface area contributed by atoms with Gasteiger partial charge in [0.15, 0.2) is 0 Å². The molecular weight excluding hydrogens is 420 g/mol. The fourth-order valence-corrected chi connectivity index (χ4v) is 5.39. The number of nitrogens with zero attached hydrogens (tertiary/aromatic N) is 1. The van der Waals surface area contributed by atoms with Crippen LogP contribution in [0, 0.1) is 0 Å². The average molecular weight is 439 g/mol. The van der Waals surface area contributed by atoms with Crippen LogP contribution >= 0.6 is 11.3 Å². The van der Waals surface area contributed by atoms with E-state index < -0.39 is 9.84 Å². The molecule has 6 nitrogen and oxygen atoms in total. The number of carbonyl (C=O) groups excluding carboxylic acids is 1. The molecule has 0 spiro atoms. The minimum atomic E-state index is -3.70. The second-order valence-corrected chi connectivity index (χ2v) is 9.51. The molecule has 8 heteroatoms. The molecule has 2 heterocycles. The van der Waals surface area contributed by atoms with Crippen molar-refractivity contribution in [1.29, 1.82) is 0 Å². The van der Waals surface area contributed by atoms with E-state index in [4.69, 9.17) is 4.74 Å². The summed E-state index contributed by atoms with van der Waals surface area (Å²) in [7, 11) is -2.27. The van der Waals surface area contributed by atoms with Crippen LogP contribution in [0.5, 0.6) is 5.75 Å². The molecule has 0 atom stereocenters. The average Bonchev–Trinajstić information content (AvgIpc) is 3.22. The van der Waals surface area contributed by atoms with E-state index in [0.717, 1.165) is 15.6 Å². The molecule has 0 aliphatic heterocycles. The normalized spacial score (nSPS) is 11.4. The molecule has 2 aromatic heterocycles. The van der Waals surface area contributed by atoms with E-state index in [1.54, 1.807) is 42.7 Å². The Morgan fingerprint density at radius 2 is 1.87 bits per heavy atom. The van der Waals surface area contributed by atoms with Crippen LogP contribution in [0.1, 0.15) is 15.2 Å². The van der Waals surface area contributed by atoms with Gasteiger partial charge in [-0.25, -0.2) is 8.42 Å². The molecule has 0 saturated carbocycles. The summed E-state index contributed by atoms with van der Waals surface area (Å²) in [6.07, 6.45) is 3.43. The summed E-state index contributed by atoms with van der Waals surface area (Å²) in [6.45, 7) is 0.292. The van der Waals surface area contributed by atoms with Crippen LogP contribution in [0.3, 0.4) is 0 Å². The highest BCUT2D eigenvalue weighted by molar-refractivity contribution is 7.91. The van der Waals surface area contributed by atoms with Gasteiger partial charge in [0.1, 0.15) is 10.6 Å². The Kier molecular flexibility index (Phi) is 5.52. The van der Waals surface area contributed by atoms with E-state index in [1.165, 1.54) is 36.6 Å². The van der Waals surface area contributed by atoms with Crippen molar-refractivity contribution in [2.45, 2.75) is 16.3 Å². The van der Waals surface area contributed by atoms with Gasteiger partial charge < -0.3 is 10.1 Å². The molecule has 4 aromatic rings. The summed E-state index contributed by atoms with van der Waals surface area (Å²) in [6, 6.07) is 16.7.